The Morgan fingerprint density at radius 1 is 1.17 bits per heavy atom. The molecule has 0 radical (unpaired) electrons. The lowest BCUT2D eigenvalue weighted by Gasteiger charge is -2.32. The van der Waals surface area contributed by atoms with E-state index in [-0.39, 0.29) is 5.56 Å². The highest BCUT2D eigenvalue weighted by Crippen LogP contribution is 2.28. The number of rotatable bonds is 4. The molecule has 1 aromatic carbocycles. The topological polar surface area (TPSA) is 66.3 Å². The Kier molecular flexibility index (Phi) is 4.79. The van der Waals surface area contributed by atoms with Crippen molar-refractivity contribution in [3.63, 3.8) is 0 Å². The smallest absolute Gasteiger partial charge is 0.341 e. The number of hydrogen-bond acceptors (Lipinski definition) is 4. The van der Waals surface area contributed by atoms with Crippen LogP contribution in [0.2, 0.25) is 0 Å². The third-order valence-electron chi connectivity index (χ3n) is 4.77. The minimum absolute atomic E-state index is 0.166. The van der Waals surface area contributed by atoms with Gasteiger partial charge in [-0.05, 0) is 19.8 Å². The van der Waals surface area contributed by atoms with Gasteiger partial charge in [0.25, 0.3) is 0 Å². The summed E-state index contributed by atoms with van der Waals surface area (Å²) in [6.07, 6.45) is 7.23. The summed E-state index contributed by atoms with van der Waals surface area (Å²) in [5, 5.41) is 9.50. The maximum Gasteiger partial charge on any atom is 0.341 e. The molecule has 0 amide bonds. The average Bonchev–Trinajstić information content (AvgIpc) is 2.62. The van der Waals surface area contributed by atoms with E-state index in [1.165, 1.54) is 31.0 Å². The first-order valence-electron chi connectivity index (χ1n) is 8.46. The van der Waals surface area contributed by atoms with Crippen LogP contribution in [0.15, 0.2) is 30.5 Å². The van der Waals surface area contributed by atoms with Crippen LogP contribution in [0.5, 0.6) is 0 Å². The first-order chi connectivity index (χ1) is 11.6. The van der Waals surface area contributed by atoms with Gasteiger partial charge in [-0.2, -0.15) is 0 Å². The number of hydrogen-bond donors (Lipinski definition) is 1. The van der Waals surface area contributed by atoms with Gasteiger partial charge in [-0.3, -0.25) is 0 Å². The molecule has 0 spiro atoms. The Labute approximate surface area is 142 Å². The molecule has 2 aromatic rings. The van der Waals surface area contributed by atoms with Crippen LogP contribution in [0.25, 0.3) is 11.4 Å². The number of carboxylic acids is 1. The van der Waals surface area contributed by atoms with E-state index in [2.05, 4.69) is 9.97 Å². The molecule has 1 aliphatic rings. The quantitative estimate of drug-likeness (QED) is 0.923. The van der Waals surface area contributed by atoms with Crippen molar-refractivity contribution in [2.75, 3.05) is 11.9 Å². The molecule has 1 saturated carbocycles. The van der Waals surface area contributed by atoms with E-state index in [9.17, 15) is 9.90 Å². The maximum absolute atomic E-state index is 11.6. The number of benzene rings is 1. The van der Waals surface area contributed by atoms with Crippen molar-refractivity contribution in [1.29, 1.82) is 0 Å². The fraction of sp³-hybridized carbons (Fsp3) is 0.421. The van der Waals surface area contributed by atoms with Crippen molar-refractivity contribution in [2.24, 2.45) is 0 Å². The largest absolute Gasteiger partial charge is 0.477 e. The van der Waals surface area contributed by atoms with Gasteiger partial charge in [0.05, 0.1) is 0 Å². The standard InChI is InChI=1S/C19H23N3O2/c1-13-8-10-14(11-9-13)17-20-12-16(19(23)24)18(21-17)22(2)15-6-4-3-5-7-15/h8-12,15H,3-7H2,1-2H3,(H,23,24). The molecule has 0 aliphatic heterocycles. The second kappa shape index (κ2) is 6.99. The van der Waals surface area contributed by atoms with Crippen molar-refractivity contribution in [1.82, 2.24) is 9.97 Å². The van der Waals surface area contributed by atoms with Crippen LogP contribution in [-0.4, -0.2) is 34.1 Å². The first-order valence-corrected chi connectivity index (χ1v) is 8.46. The average molecular weight is 325 g/mol. The fourth-order valence-electron chi connectivity index (χ4n) is 3.28. The SMILES string of the molecule is Cc1ccc(-c2ncc(C(=O)O)c(N(C)C3CCCCC3)n2)cc1. The van der Waals surface area contributed by atoms with Gasteiger partial charge in [-0.25, -0.2) is 14.8 Å². The van der Waals surface area contributed by atoms with Gasteiger partial charge in [-0.1, -0.05) is 49.1 Å². The number of aryl methyl sites for hydroxylation is 1. The highest BCUT2D eigenvalue weighted by atomic mass is 16.4. The number of anilines is 1. The number of aromatic nitrogens is 2. The molecule has 0 bridgehead atoms. The number of nitrogens with zero attached hydrogens (tertiary/aromatic N) is 3. The molecule has 126 valence electrons. The van der Waals surface area contributed by atoms with Gasteiger partial charge in [0, 0.05) is 24.8 Å². The van der Waals surface area contributed by atoms with Gasteiger partial charge >= 0.3 is 5.97 Å². The summed E-state index contributed by atoms with van der Waals surface area (Å²) in [5.41, 5.74) is 2.23. The second-order valence-corrected chi connectivity index (χ2v) is 6.50. The van der Waals surface area contributed by atoms with Crippen LogP contribution in [0.3, 0.4) is 0 Å². The highest BCUT2D eigenvalue weighted by molar-refractivity contribution is 5.93. The van der Waals surface area contributed by atoms with Crippen molar-refractivity contribution >= 4 is 11.8 Å². The zero-order valence-electron chi connectivity index (χ0n) is 14.2. The summed E-state index contributed by atoms with van der Waals surface area (Å²) < 4.78 is 0. The van der Waals surface area contributed by atoms with Gasteiger partial charge in [-0.15, -0.1) is 0 Å². The highest BCUT2D eigenvalue weighted by Gasteiger charge is 2.24. The lowest BCUT2D eigenvalue weighted by Crippen LogP contribution is -2.35. The summed E-state index contributed by atoms with van der Waals surface area (Å²) in [6, 6.07) is 8.30. The number of carbonyl (C=O) groups is 1. The molecule has 0 unspecified atom stereocenters. The Morgan fingerprint density at radius 3 is 2.46 bits per heavy atom. The molecule has 3 rings (SSSR count). The van der Waals surface area contributed by atoms with Crippen molar-refractivity contribution in [3.8, 4) is 11.4 Å². The van der Waals surface area contributed by atoms with Gasteiger partial charge in [0.1, 0.15) is 11.4 Å². The minimum atomic E-state index is -0.983. The Hall–Kier alpha value is -2.43. The second-order valence-electron chi connectivity index (χ2n) is 6.50. The summed E-state index contributed by atoms with van der Waals surface area (Å²) in [6.45, 7) is 2.03. The van der Waals surface area contributed by atoms with Crippen LogP contribution >= 0.6 is 0 Å². The van der Waals surface area contributed by atoms with E-state index >= 15 is 0 Å². The Balaban J connectivity index is 1.99. The fourth-order valence-corrected chi connectivity index (χ4v) is 3.28. The molecule has 24 heavy (non-hydrogen) atoms. The monoisotopic (exact) mass is 325 g/mol. The van der Waals surface area contributed by atoms with E-state index in [0.29, 0.717) is 17.7 Å². The van der Waals surface area contributed by atoms with E-state index in [0.717, 1.165) is 18.4 Å². The Bertz CT molecular complexity index is 722. The van der Waals surface area contributed by atoms with Crippen molar-refractivity contribution < 1.29 is 9.90 Å². The zero-order chi connectivity index (χ0) is 17.1. The molecular weight excluding hydrogens is 302 g/mol. The maximum atomic E-state index is 11.6. The van der Waals surface area contributed by atoms with Gasteiger partial charge in [0.15, 0.2) is 5.82 Å². The predicted octanol–water partition coefficient (Wildman–Crippen LogP) is 3.92. The molecule has 5 nitrogen and oxygen atoms in total. The van der Waals surface area contributed by atoms with E-state index in [4.69, 9.17) is 0 Å². The summed E-state index contributed by atoms with van der Waals surface area (Å²) in [4.78, 5) is 22.5. The molecule has 0 atom stereocenters. The lowest BCUT2D eigenvalue weighted by atomic mass is 9.94. The van der Waals surface area contributed by atoms with E-state index in [1.807, 2.05) is 43.1 Å². The zero-order valence-corrected chi connectivity index (χ0v) is 14.2. The number of carboxylic acid groups (broad SMARTS) is 1. The minimum Gasteiger partial charge on any atom is -0.477 e. The van der Waals surface area contributed by atoms with Gasteiger partial charge < -0.3 is 10.0 Å². The summed E-state index contributed by atoms with van der Waals surface area (Å²) in [7, 11) is 1.95. The molecule has 5 heteroatoms. The molecular formula is C19H23N3O2. The Morgan fingerprint density at radius 2 is 1.83 bits per heavy atom. The molecule has 1 aliphatic carbocycles. The molecule has 0 saturated heterocycles. The van der Waals surface area contributed by atoms with Gasteiger partial charge in [0.2, 0.25) is 0 Å². The number of aromatic carboxylic acids is 1. The first kappa shape index (κ1) is 16.4. The van der Waals surface area contributed by atoms with Crippen LogP contribution in [0.1, 0.15) is 48.0 Å². The normalized spacial score (nSPS) is 15.2. The summed E-state index contributed by atoms with van der Waals surface area (Å²) in [5.74, 6) is 0.0979. The van der Waals surface area contributed by atoms with E-state index in [1.54, 1.807) is 0 Å². The van der Waals surface area contributed by atoms with Crippen LogP contribution in [0.4, 0.5) is 5.82 Å². The third kappa shape index (κ3) is 3.40. The molecule has 1 N–H and O–H groups in total. The van der Waals surface area contributed by atoms with Crippen LogP contribution < -0.4 is 4.90 Å². The summed E-state index contributed by atoms with van der Waals surface area (Å²) >= 11 is 0. The van der Waals surface area contributed by atoms with Crippen LogP contribution in [0, 0.1) is 6.92 Å². The molecule has 1 aromatic heterocycles. The predicted molar refractivity (Wildman–Crippen MR) is 94.4 cm³/mol. The van der Waals surface area contributed by atoms with E-state index < -0.39 is 5.97 Å². The third-order valence-corrected chi connectivity index (χ3v) is 4.77. The van der Waals surface area contributed by atoms with Crippen LogP contribution in [-0.2, 0) is 0 Å². The van der Waals surface area contributed by atoms with Crippen molar-refractivity contribution in [2.45, 2.75) is 45.1 Å². The molecule has 1 heterocycles. The lowest BCUT2D eigenvalue weighted by molar-refractivity contribution is 0.0696. The molecule has 1 fully saturated rings. The van der Waals surface area contributed by atoms with Crippen molar-refractivity contribution in [3.05, 3.63) is 41.6 Å².